The fourth-order valence-corrected chi connectivity index (χ4v) is 5.66. The first kappa shape index (κ1) is 30.1. The minimum atomic E-state index is -4.11. The Labute approximate surface area is 239 Å². The molecule has 4 aromatic heterocycles. The van der Waals surface area contributed by atoms with Crippen LogP contribution in [0.15, 0.2) is 35.1 Å². The summed E-state index contributed by atoms with van der Waals surface area (Å²) in [6, 6.07) is 4.82. The molecular formula is C27H36N8O5S. The Morgan fingerprint density at radius 3 is 2.37 bits per heavy atom. The lowest BCUT2D eigenvalue weighted by atomic mass is 10.0. The first-order valence-electron chi connectivity index (χ1n) is 13.3. The van der Waals surface area contributed by atoms with Gasteiger partial charge in [-0.25, -0.2) is 23.4 Å². The average molecular weight is 585 g/mol. The zero-order chi connectivity index (χ0) is 29.9. The monoisotopic (exact) mass is 584 g/mol. The molecule has 0 fully saturated rings. The molecule has 0 aromatic carbocycles. The largest absolute Gasteiger partial charge is 0.481 e. The first-order chi connectivity index (χ1) is 19.5. The number of pyridine rings is 1. The van der Waals surface area contributed by atoms with Gasteiger partial charge in [0.15, 0.2) is 11.6 Å². The molecule has 14 heteroatoms. The van der Waals surface area contributed by atoms with Crippen molar-refractivity contribution in [1.82, 2.24) is 34.9 Å². The van der Waals surface area contributed by atoms with E-state index in [4.69, 9.17) is 14.0 Å². The van der Waals surface area contributed by atoms with Crippen LogP contribution in [0.3, 0.4) is 0 Å². The van der Waals surface area contributed by atoms with Crippen LogP contribution in [-0.2, 0) is 14.8 Å². The highest BCUT2D eigenvalue weighted by molar-refractivity contribution is 7.93. The summed E-state index contributed by atoms with van der Waals surface area (Å²) in [5, 5.41) is 11.7. The molecule has 4 heterocycles. The molecule has 0 aliphatic rings. The Morgan fingerprint density at radius 1 is 1.07 bits per heavy atom. The molecule has 4 aromatic rings. The molecule has 0 aliphatic carbocycles. The lowest BCUT2D eigenvalue weighted by Crippen LogP contribution is -2.35. The minimum Gasteiger partial charge on any atom is -0.481 e. The van der Waals surface area contributed by atoms with Crippen molar-refractivity contribution in [2.24, 2.45) is 0 Å². The number of methoxy groups -OCH3 is 1. The number of ether oxygens (including phenoxy) is 2. The Kier molecular flexibility index (Phi) is 9.02. The van der Waals surface area contributed by atoms with Gasteiger partial charge in [-0.15, -0.1) is 10.2 Å². The van der Waals surface area contributed by atoms with E-state index in [9.17, 15) is 8.42 Å². The number of aromatic nitrogens is 7. The van der Waals surface area contributed by atoms with Gasteiger partial charge in [0.25, 0.3) is 0 Å². The Hall–Kier alpha value is -3.91. The molecule has 0 aliphatic heterocycles. The van der Waals surface area contributed by atoms with Gasteiger partial charge in [-0.05, 0) is 59.6 Å². The Balaban J connectivity index is 1.82. The molecule has 0 bridgehead atoms. The van der Waals surface area contributed by atoms with Gasteiger partial charge in [-0.1, -0.05) is 18.1 Å². The van der Waals surface area contributed by atoms with Gasteiger partial charge >= 0.3 is 0 Å². The third kappa shape index (κ3) is 6.38. The quantitative estimate of drug-likeness (QED) is 0.252. The predicted molar refractivity (Wildman–Crippen MR) is 152 cm³/mol. The van der Waals surface area contributed by atoms with Crippen LogP contribution >= 0.6 is 0 Å². The van der Waals surface area contributed by atoms with Gasteiger partial charge in [0, 0.05) is 24.0 Å². The molecule has 1 N–H and O–H groups in total. The van der Waals surface area contributed by atoms with Crippen molar-refractivity contribution in [3.8, 4) is 17.4 Å². The van der Waals surface area contributed by atoms with Crippen LogP contribution in [0.4, 0.5) is 5.95 Å². The molecule has 4 rings (SSSR count). The molecule has 0 saturated heterocycles. The van der Waals surface area contributed by atoms with Gasteiger partial charge in [0.2, 0.25) is 21.9 Å². The lowest BCUT2D eigenvalue weighted by molar-refractivity contribution is 0.00152. The molecule has 41 heavy (non-hydrogen) atoms. The molecule has 0 unspecified atom stereocenters. The lowest BCUT2D eigenvalue weighted by Gasteiger charge is -2.26. The van der Waals surface area contributed by atoms with Crippen molar-refractivity contribution in [1.29, 1.82) is 0 Å². The van der Waals surface area contributed by atoms with Crippen LogP contribution in [0.1, 0.15) is 74.7 Å². The number of nitrogens with zero attached hydrogens (tertiary/aromatic N) is 7. The van der Waals surface area contributed by atoms with Crippen molar-refractivity contribution < 1.29 is 22.4 Å². The highest BCUT2D eigenvalue weighted by atomic mass is 32.2. The van der Waals surface area contributed by atoms with E-state index in [2.05, 4.69) is 35.0 Å². The summed E-state index contributed by atoms with van der Waals surface area (Å²) in [5.74, 6) is 1.61. The van der Waals surface area contributed by atoms with Crippen LogP contribution in [0.2, 0.25) is 0 Å². The van der Waals surface area contributed by atoms with Crippen LogP contribution < -0.4 is 9.46 Å². The van der Waals surface area contributed by atoms with E-state index >= 15 is 0 Å². The van der Waals surface area contributed by atoms with Crippen molar-refractivity contribution in [3.05, 3.63) is 59.0 Å². The van der Waals surface area contributed by atoms with E-state index in [1.165, 1.54) is 7.11 Å². The maximum absolute atomic E-state index is 13.9. The van der Waals surface area contributed by atoms with Crippen molar-refractivity contribution >= 4 is 16.0 Å². The zero-order valence-corrected chi connectivity index (χ0v) is 25.3. The topological polar surface area (TPSA) is 160 Å². The van der Waals surface area contributed by atoms with Crippen LogP contribution in [0.25, 0.3) is 11.5 Å². The number of rotatable bonds is 12. The van der Waals surface area contributed by atoms with Gasteiger partial charge in [-0.3, -0.25) is 9.29 Å². The maximum atomic E-state index is 13.9. The van der Waals surface area contributed by atoms with Crippen molar-refractivity contribution in [2.75, 3.05) is 11.8 Å². The minimum absolute atomic E-state index is 0.0106. The predicted octanol–water partition coefficient (Wildman–Crippen LogP) is 4.35. The third-order valence-corrected chi connectivity index (χ3v) is 8.29. The van der Waals surface area contributed by atoms with Crippen LogP contribution in [0.5, 0.6) is 5.88 Å². The van der Waals surface area contributed by atoms with Gasteiger partial charge in [-0.2, -0.15) is 0 Å². The zero-order valence-electron chi connectivity index (χ0n) is 24.5. The molecular weight excluding hydrogens is 548 g/mol. The number of anilines is 1. The van der Waals surface area contributed by atoms with E-state index in [0.717, 1.165) is 11.1 Å². The number of nitrogens with one attached hydrogen (secondary N) is 1. The number of sulfonamides is 1. The molecule has 13 nitrogen and oxygen atoms in total. The highest BCUT2D eigenvalue weighted by Crippen LogP contribution is 2.35. The fourth-order valence-electron chi connectivity index (χ4n) is 4.57. The summed E-state index contributed by atoms with van der Waals surface area (Å²) in [6.45, 7) is 12.7. The van der Waals surface area contributed by atoms with Crippen LogP contribution in [0, 0.1) is 20.8 Å². The van der Waals surface area contributed by atoms with E-state index in [-0.39, 0.29) is 17.9 Å². The van der Waals surface area contributed by atoms with Gasteiger partial charge in [0.1, 0.15) is 22.8 Å². The average Bonchev–Trinajstić information content (AvgIpc) is 3.50. The van der Waals surface area contributed by atoms with Crippen molar-refractivity contribution in [2.45, 2.75) is 78.4 Å². The molecule has 0 amide bonds. The van der Waals surface area contributed by atoms with E-state index < -0.39 is 27.4 Å². The third-order valence-electron chi connectivity index (χ3n) is 6.60. The van der Waals surface area contributed by atoms with Gasteiger partial charge < -0.3 is 14.0 Å². The summed E-state index contributed by atoms with van der Waals surface area (Å²) in [4.78, 5) is 13.2. The summed E-state index contributed by atoms with van der Waals surface area (Å²) < 4.78 is 49.0. The maximum Gasteiger partial charge on any atom is 0.240 e. The normalized spacial score (nSPS) is 14.2. The van der Waals surface area contributed by atoms with E-state index in [0.29, 0.717) is 35.3 Å². The summed E-state index contributed by atoms with van der Waals surface area (Å²) in [5.41, 5.74) is 2.78. The smallest absolute Gasteiger partial charge is 0.240 e. The number of hydrogen-bond acceptors (Lipinski definition) is 11. The van der Waals surface area contributed by atoms with E-state index in [1.807, 2.05) is 41.5 Å². The second kappa shape index (κ2) is 12.3. The Bertz CT molecular complexity index is 1560. The molecule has 0 spiro atoms. The fraction of sp³-hybridized carbons (Fsp3) is 0.481. The van der Waals surface area contributed by atoms with Crippen molar-refractivity contribution in [3.63, 3.8) is 0 Å². The van der Waals surface area contributed by atoms with Gasteiger partial charge in [0.05, 0.1) is 24.9 Å². The number of aryl methyl sites for hydroxylation is 3. The second-order valence-electron chi connectivity index (χ2n) is 10.0. The van der Waals surface area contributed by atoms with Crippen LogP contribution in [-0.4, -0.2) is 61.8 Å². The molecule has 0 saturated carbocycles. The standard InChI is InChI=1S/C27H36N8O5S/c1-9-21(23-17(5)33-40-18(23)6)35-26(20-11-10-12-22(30-20)38-8)31-32-27(35)34-41(36,37)19(7)24(39-15(2)3)25-28-13-16(4)14-29-25/h10-15,19,21,24H,9H2,1-8H3,(H,32,34)/t19-,21-,24+/m0/s1. The molecule has 3 atom stereocenters. The Morgan fingerprint density at radius 2 is 1.78 bits per heavy atom. The molecule has 220 valence electrons. The SMILES string of the molecule is CC[C@@H](c1c(C)noc1C)n1c(NS(=O)(=O)[C@@H](C)[C@@H](OC(C)C)c2ncc(C)cn2)nnc1-c1cccc(OC)n1. The summed E-state index contributed by atoms with van der Waals surface area (Å²) in [6.07, 6.45) is 2.60. The van der Waals surface area contributed by atoms with E-state index in [1.54, 1.807) is 42.1 Å². The summed E-state index contributed by atoms with van der Waals surface area (Å²) in [7, 11) is -2.60. The second-order valence-corrected chi connectivity index (χ2v) is 12.1. The first-order valence-corrected chi connectivity index (χ1v) is 14.9. The molecule has 0 radical (unpaired) electrons. The summed E-state index contributed by atoms with van der Waals surface area (Å²) >= 11 is 0. The highest BCUT2D eigenvalue weighted by Gasteiger charge is 2.36. The number of hydrogen-bond donors (Lipinski definition) is 1.